The molecule has 1 aliphatic heterocycles. The fourth-order valence-corrected chi connectivity index (χ4v) is 5.07. The summed E-state index contributed by atoms with van der Waals surface area (Å²) in [5, 5.41) is 11.2. The first kappa shape index (κ1) is 27.1. The smallest absolute Gasteiger partial charge is 0.336 e. The molecule has 1 N–H and O–H groups in total. The normalized spacial score (nSPS) is 15.3. The first-order valence-electron chi connectivity index (χ1n) is 12.9. The number of benzene rings is 2. The molecule has 2 heterocycles. The van der Waals surface area contributed by atoms with Crippen LogP contribution in [-0.4, -0.2) is 57.4 Å². The number of para-hydroxylation sites is 2. The van der Waals surface area contributed by atoms with Crippen molar-refractivity contribution in [3.63, 3.8) is 0 Å². The van der Waals surface area contributed by atoms with Gasteiger partial charge in [-0.2, -0.15) is 0 Å². The van der Waals surface area contributed by atoms with E-state index in [2.05, 4.69) is 4.98 Å². The van der Waals surface area contributed by atoms with Crippen LogP contribution < -0.4 is 0 Å². The van der Waals surface area contributed by atoms with Gasteiger partial charge < -0.3 is 24.0 Å². The third kappa shape index (κ3) is 5.36. The first-order valence-corrected chi connectivity index (χ1v) is 12.9. The molecule has 0 spiro atoms. The highest BCUT2D eigenvalue weighted by molar-refractivity contribution is 5.99. The number of esters is 2. The number of imidazole rings is 1. The monoisotopic (exact) mass is 517 g/mol. The van der Waals surface area contributed by atoms with Crippen LogP contribution in [0.2, 0.25) is 0 Å². The number of nitrogens with zero attached hydrogens (tertiary/aromatic N) is 3. The third-order valence-corrected chi connectivity index (χ3v) is 6.90. The van der Waals surface area contributed by atoms with Gasteiger partial charge in [0.1, 0.15) is 0 Å². The molecule has 38 heavy (non-hydrogen) atoms. The summed E-state index contributed by atoms with van der Waals surface area (Å²) >= 11 is 0. The number of fused-ring (bicyclic) bond motifs is 1. The molecule has 8 nitrogen and oxygen atoms in total. The molecule has 0 saturated carbocycles. The Labute approximate surface area is 223 Å². The maximum Gasteiger partial charge on any atom is 0.336 e. The summed E-state index contributed by atoms with van der Waals surface area (Å²) in [5.41, 5.74) is 5.63. The largest absolute Gasteiger partial charge is 0.463 e. The number of aliphatic hydroxyl groups is 1. The number of hydrogen-bond acceptors (Lipinski definition) is 7. The molecule has 1 atom stereocenters. The van der Waals surface area contributed by atoms with Crippen molar-refractivity contribution in [1.29, 1.82) is 0 Å². The number of carbonyl (C=O) groups is 2. The van der Waals surface area contributed by atoms with Gasteiger partial charge in [0.05, 0.1) is 66.8 Å². The summed E-state index contributed by atoms with van der Waals surface area (Å²) in [4.78, 5) is 33.0. The number of allylic oxidation sites excluding steroid dienone is 2. The molecule has 3 aromatic rings. The number of aliphatic hydroxyl groups excluding tert-OH is 1. The molecule has 1 aromatic heterocycles. The molecule has 2 aromatic carbocycles. The van der Waals surface area contributed by atoms with Gasteiger partial charge in [-0.25, -0.2) is 14.6 Å². The third-order valence-electron chi connectivity index (χ3n) is 6.90. The number of rotatable bonds is 9. The zero-order chi connectivity index (χ0) is 27.4. The molecule has 200 valence electrons. The van der Waals surface area contributed by atoms with Gasteiger partial charge in [-0.05, 0) is 52.3 Å². The number of carbonyl (C=O) groups excluding carboxylic acids is 2. The Morgan fingerprint density at radius 3 is 2.05 bits per heavy atom. The molecule has 0 bridgehead atoms. The standard InChI is InChI=1S/C30H35N3O5/c1-6-37-29(35)26-20(4)33(17-23(34)16-32-18-31-24-10-8-9-11-25(24)32)21(5)27(30(36)38-7-2)28(26)22-14-12-19(3)13-15-22/h8-15,18,23,28,34H,6-7,16-17H2,1-5H3. The molecule has 0 radical (unpaired) electrons. The Kier molecular flexibility index (Phi) is 8.32. The van der Waals surface area contributed by atoms with Crippen LogP contribution in [0, 0.1) is 6.92 Å². The quantitative estimate of drug-likeness (QED) is 0.418. The van der Waals surface area contributed by atoms with E-state index in [1.807, 2.05) is 78.8 Å². The van der Waals surface area contributed by atoms with Crippen molar-refractivity contribution in [2.75, 3.05) is 19.8 Å². The van der Waals surface area contributed by atoms with Gasteiger partial charge >= 0.3 is 11.9 Å². The van der Waals surface area contributed by atoms with Gasteiger partial charge in [-0.1, -0.05) is 42.0 Å². The van der Waals surface area contributed by atoms with E-state index in [4.69, 9.17) is 9.47 Å². The lowest BCUT2D eigenvalue weighted by molar-refractivity contribution is -0.139. The van der Waals surface area contributed by atoms with E-state index in [1.165, 1.54) is 0 Å². The van der Waals surface area contributed by atoms with Crippen molar-refractivity contribution in [1.82, 2.24) is 14.5 Å². The highest BCUT2D eigenvalue weighted by atomic mass is 16.5. The summed E-state index contributed by atoms with van der Waals surface area (Å²) in [6, 6.07) is 15.5. The maximum atomic E-state index is 13.4. The van der Waals surface area contributed by atoms with Gasteiger partial charge in [0, 0.05) is 11.4 Å². The fourth-order valence-electron chi connectivity index (χ4n) is 5.07. The predicted octanol–water partition coefficient (Wildman–Crippen LogP) is 4.48. The second kappa shape index (κ2) is 11.6. The van der Waals surface area contributed by atoms with Crippen molar-refractivity contribution in [2.24, 2.45) is 0 Å². The summed E-state index contributed by atoms with van der Waals surface area (Å²) in [5.74, 6) is -1.64. The number of ether oxygens (including phenoxy) is 2. The van der Waals surface area contributed by atoms with Crippen LogP contribution in [0.15, 0.2) is 77.4 Å². The topological polar surface area (TPSA) is 93.9 Å². The zero-order valence-electron chi connectivity index (χ0n) is 22.6. The molecule has 0 saturated heterocycles. The van der Waals surface area contributed by atoms with E-state index >= 15 is 0 Å². The molecule has 4 rings (SSSR count). The van der Waals surface area contributed by atoms with E-state index in [-0.39, 0.29) is 19.8 Å². The number of aromatic nitrogens is 2. The number of hydrogen-bond donors (Lipinski definition) is 1. The Morgan fingerprint density at radius 2 is 1.47 bits per heavy atom. The Hall–Kier alpha value is -3.91. The lowest BCUT2D eigenvalue weighted by atomic mass is 9.79. The average molecular weight is 518 g/mol. The van der Waals surface area contributed by atoms with E-state index in [0.717, 1.165) is 22.2 Å². The number of β-amino-alcohol motifs (C(OH)–C–C–N with tert-alkyl or cyclic N) is 1. The predicted molar refractivity (Wildman–Crippen MR) is 145 cm³/mol. The van der Waals surface area contributed by atoms with E-state index < -0.39 is 24.0 Å². The van der Waals surface area contributed by atoms with Crippen LogP contribution in [0.4, 0.5) is 0 Å². The van der Waals surface area contributed by atoms with Crippen molar-refractivity contribution in [2.45, 2.75) is 53.2 Å². The van der Waals surface area contributed by atoms with Crippen molar-refractivity contribution in [3.05, 3.63) is 88.5 Å². The fraction of sp³-hybridized carbons (Fsp3) is 0.367. The van der Waals surface area contributed by atoms with Crippen molar-refractivity contribution in [3.8, 4) is 0 Å². The van der Waals surface area contributed by atoms with Crippen LogP contribution in [0.25, 0.3) is 11.0 Å². The molecule has 0 fully saturated rings. The van der Waals surface area contributed by atoms with Gasteiger partial charge in [-0.3, -0.25) is 0 Å². The lowest BCUT2D eigenvalue weighted by Gasteiger charge is -2.38. The lowest BCUT2D eigenvalue weighted by Crippen LogP contribution is -2.39. The van der Waals surface area contributed by atoms with Gasteiger partial charge in [0.25, 0.3) is 0 Å². The van der Waals surface area contributed by atoms with Crippen LogP contribution in [0.1, 0.15) is 44.7 Å². The van der Waals surface area contributed by atoms with E-state index in [9.17, 15) is 14.7 Å². The summed E-state index contributed by atoms with van der Waals surface area (Å²) in [7, 11) is 0. The van der Waals surface area contributed by atoms with Crippen LogP contribution in [-0.2, 0) is 25.6 Å². The average Bonchev–Trinajstić information content (AvgIpc) is 3.29. The second-order valence-corrected chi connectivity index (χ2v) is 9.43. The summed E-state index contributed by atoms with van der Waals surface area (Å²) in [6.07, 6.45) is 0.886. The van der Waals surface area contributed by atoms with Crippen molar-refractivity contribution < 1.29 is 24.2 Å². The molecule has 1 aliphatic rings. The maximum absolute atomic E-state index is 13.4. The van der Waals surface area contributed by atoms with Gasteiger partial charge in [0.2, 0.25) is 0 Å². The molecule has 0 amide bonds. The van der Waals surface area contributed by atoms with Crippen LogP contribution >= 0.6 is 0 Å². The second-order valence-electron chi connectivity index (χ2n) is 9.43. The highest BCUT2D eigenvalue weighted by Gasteiger charge is 2.40. The van der Waals surface area contributed by atoms with E-state index in [0.29, 0.717) is 29.1 Å². The Morgan fingerprint density at radius 1 is 0.895 bits per heavy atom. The van der Waals surface area contributed by atoms with Crippen LogP contribution in [0.3, 0.4) is 0 Å². The molecular weight excluding hydrogens is 482 g/mol. The molecule has 0 aliphatic carbocycles. The Balaban J connectivity index is 1.77. The minimum atomic E-state index is -0.819. The van der Waals surface area contributed by atoms with Crippen molar-refractivity contribution >= 4 is 23.0 Å². The number of aryl methyl sites for hydroxylation is 1. The minimum Gasteiger partial charge on any atom is -0.463 e. The first-order chi connectivity index (χ1) is 18.3. The molecule has 8 heteroatoms. The van der Waals surface area contributed by atoms with Crippen LogP contribution in [0.5, 0.6) is 0 Å². The molecular formula is C30H35N3O5. The molecule has 1 unspecified atom stereocenters. The Bertz CT molecular complexity index is 1340. The highest BCUT2D eigenvalue weighted by Crippen LogP contribution is 2.43. The van der Waals surface area contributed by atoms with E-state index in [1.54, 1.807) is 20.2 Å². The zero-order valence-corrected chi connectivity index (χ0v) is 22.6. The SMILES string of the molecule is CCOC(=O)C1=C(C)N(CC(O)Cn2cnc3ccccc32)C(C)=C(C(=O)OCC)C1c1ccc(C)cc1. The summed E-state index contributed by atoms with van der Waals surface area (Å²) in [6.45, 7) is 10.0. The summed E-state index contributed by atoms with van der Waals surface area (Å²) < 4.78 is 12.8. The minimum absolute atomic E-state index is 0.163. The van der Waals surface area contributed by atoms with Gasteiger partial charge in [-0.15, -0.1) is 0 Å². The van der Waals surface area contributed by atoms with Gasteiger partial charge in [0.15, 0.2) is 0 Å².